The lowest BCUT2D eigenvalue weighted by Gasteiger charge is -2.39. The molecule has 0 aromatic heterocycles. The maximum Gasteiger partial charge on any atom is 0.152 e. The van der Waals surface area contributed by atoms with Crippen molar-refractivity contribution in [3.8, 4) is 0 Å². The first-order chi connectivity index (χ1) is 5.86. The lowest BCUT2D eigenvalue weighted by atomic mass is 9.64. The second-order valence-electron chi connectivity index (χ2n) is 5.12. The molecule has 0 spiro atoms. The smallest absolute Gasteiger partial charge is 0.152 e. The molecule has 76 valence electrons. The highest BCUT2D eigenvalue weighted by Crippen LogP contribution is 2.55. The Morgan fingerprint density at radius 3 is 2.31 bits per heavy atom. The first-order valence-electron chi connectivity index (χ1n) is 5.09. The van der Waals surface area contributed by atoms with Crippen LogP contribution in [0.3, 0.4) is 0 Å². The molecule has 1 rings (SSSR count). The van der Waals surface area contributed by atoms with Gasteiger partial charge in [0.1, 0.15) is 0 Å². The van der Waals surface area contributed by atoms with Crippen molar-refractivity contribution in [3.63, 3.8) is 0 Å². The molecule has 2 atom stereocenters. The minimum Gasteiger partial charge on any atom is -0.324 e. The van der Waals surface area contributed by atoms with Gasteiger partial charge >= 0.3 is 0 Å². The zero-order valence-electron chi connectivity index (χ0n) is 9.18. The van der Waals surface area contributed by atoms with E-state index in [9.17, 15) is 4.79 Å². The quantitative estimate of drug-likeness (QED) is 0.711. The van der Waals surface area contributed by atoms with Crippen LogP contribution >= 0.6 is 0 Å². The van der Waals surface area contributed by atoms with E-state index in [1.165, 1.54) is 0 Å². The standard InChI is InChI=1S/C11H21NO/c1-8-5-6-11(4,9(13)7-12)10(8,2)3/h8H,5-7,12H2,1-4H3/t8-,11+/m0/s1. The van der Waals surface area contributed by atoms with Gasteiger partial charge in [0.05, 0.1) is 6.54 Å². The van der Waals surface area contributed by atoms with Crippen molar-refractivity contribution in [2.24, 2.45) is 22.5 Å². The second kappa shape index (κ2) is 3.09. The molecule has 13 heavy (non-hydrogen) atoms. The molecule has 1 aliphatic rings. The maximum absolute atomic E-state index is 11.8. The van der Waals surface area contributed by atoms with E-state index in [0.29, 0.717) is 5.92 Å². The van der Waals surface area contributed by atoms with Gasteiger partial charge in [-0.3, -0.25) is 4.79 Å². The van der Waals surface area contributed by atoms with Gasteiger partial charge in [-0.25, -0.2) is 0 Å². The van der Waals surface area contributed by atoms with E-state index in [1.807, 2.05) is 0 Å². The Kier molecular flexibility index (Phi) is 2.54. The molecule has 2 heteroatoms. The fourth-order valence-electron chi connectivity index (χ4n) is 2.46. The minimum absolute atomic E-state index is 0.101. The van der Waals surface area contributed by atoms with Crippen LogP contribution in [0.1, 0.15) is 40.5 Å². The first-order valence-corrected chi connectivity index (χ1v) is 5.09. The van der Waals surface area contributed by atoms with E-state index in [0.717, 1.165) is 12.8 Å². The molecule has 0 radical (unpaired) electrons. The highest BCUT2D eigenvalue weighted by molar-refractivity contribution is 5.87. The van der Waals surface area contributed by atoms with Gasteiger partial charge in [0, 0.05) is 5.41 Å². The van der Waals surface area contributed by atoms with Crippen molar-refractivity contribution >= 4 is 5.78 Å². The summed E-state index contributed by atoms with van der Waals surface area (Å²) in [6.07, 6.45) is 2.15. The number of rotatable bonds is 2. The van der Waals surface area contributed by atoms with Crippen LogP contribution in [0.4, 0.5) is 0 Å². The third-order valence-corrected chi connectivity index (χ3v) is 4.53. The normalized spacial score (nSPS) is 37.8. The Hall–Kier alpha value is -0.370. The van der Waals surface area contributed by atoms with E-state index in [-0.39, 0.29) is 23.2 Å². The van der Waals surface area contributed by atoms with Crippen molar-refractivity contribution < 1.29 is 4.79 Å². The molecule has 0 heterocycles. The third-order valence-electron chi connectivity index (χ3n) is 4.53. The second-order valence-corrected chi connectivity index (χ2v) is 5.12. The minimum atomic E-state index is -0.193. The lowest BCUT2D eigenvalue weighted by molar-refractivity contribution is -0.132. The number of carbonyl (C=O) groups excluding carboxylic acids is 1. The van der Waals surface area contributed by atoms with Crippen LogP contribution in [0.2, 0.25) is 0 Å². The van der Waals surface area contributed by atoms with Crippen LogP contribution in [0.25, 0.3) is 0 Å². The van der Waals surface area contributed by atoms with Gasteiger partial charge < -0.3 is 5.73 Å². The van der Waals surface area contributed by atoms with Crippen molar-refractivity contribution in [2.45, 2.75) is 40.5 Å². The van der Waals surface area contributed by atoms with Crippen molar-refractivity contribution in [1.29, 1.82) is 0 Å². The zero-order chi connectivity index (χ0) is 10.3. The van der Waals surface area contributed by atoms with Gasteiger partial charge in [0.2, 0.25) is 0 Å². The molecule has 2 N–H and O–H groups in total. The average molecular weight is 183 g/mol. The van der Waals surface area contributed by atoms with Gasteiger partial charge in [0.25, 0.3) is 0 Å². The Morgan fingerprint density at radius 1 is 1.46 bits per heavy atom. The number of carbonyl (C=O) groups is 1. The molecule has 0 saturated heterocycles. The Labute approximate surface area is 80.9 Å². The SMILES string of the molecule is C[C@H]1CC[C@](C)(C(=O)CN)C1(C)C. The van der Waals surface area contributed by atoms with Crippen molar-refractivity contribution in [3.05, 3.63) is 0 Å². The molecule has 0 unspecified atom stereocenters. The molecule has 0 aromatic rings. The van der Waals surface area contributed by atoms with Gasteiger partial charge in [-0.2, -0.15) is 0 Å². The summed E-state index contributed by atoms with van der Waals surface area (Å²) in [5.41, 5.74) is 5.36. The molecule has 1 aliphatic carbocycles. The number of hydrogen-bond donors (Lipinski definition) is 1. The number of hydrogen-bond acceptors (Lipinski definition) is 2. The molecule has 1 fully saturated rings. The molecule has 0 aliphatic heterocycles. The van der Waals surface area contributed by atoms with Crippen LogP contribution in [0.15, 0.2) is 0 Å². The summed E-state index contributed by atoms with van der Waals surface area (Å²) >= 11 is 0. The molecule has 2 nitrogen and oxygen atoms in total. The van der Waals surface area contributed by atoms with E-state index in [4.69, 9.17) is 5.73 Å². The molecule has 0 aromatic carbocycles. The van der Waals surface area contributed by atoms with Gasteiger partial charge in [-0.1, -0.05) is 27.7 Å². The maximum atomic E-state index is 11.8. The lowest BCUT2D eigenvalue weighted by Crippen LogP contribution is -2.43. The Bertz CT molecular complexity index is 222. The van der Waals surface area contributed by atoms with Crippen LogP contribution in [-0.4, -0.2) is 12.3 Å². The van der Waals surface area contributed by atoms with E-state index >= 15 is 0 Å². The van der Waals surface area contributed by atoms with E-state index < -0.39 is 0 Å². The summed E-state index contributed by atoms with van der Waals surface area (Å²) in [5.74, 6) is 0.842. The number of Topliss-reactive ketones (excluding diaryl/α,β-unsaturated/α-hetero) is 1. The summed E-state index contributed by atoms with van der Waals surface area (Å²) in [6.45, 7) is 8.88. The predicted octanol–water partition coefficient (Wildman–Crippen LogP) is 1.98. The summed E-state index contributed by atoms with van der Waals surface area (Å²) in [6, 6.07) is 0. The van der Waals surface area contributed by atoms with E-state index in [2.05, 4.69) is 27.7 Å². The molecular formula is C11H21NO. The zero-order valence-corrected chi connectivity index (χ0v) is 9.18. The van der Waals surface area contributed by atoms with Crippen LogP contribution in [-0.2, 0) is 4.79 Å². The third kappa shape index (κ3) is 1.32. The fraction of sp³-hybridized carbons (Fsp3) is 0.909. The Morgan fingerprint density at radius 2 is 2.00 bits per heavy atom. The number of ketones is 1. The predicted molar refractivity (Wildman–Crippen MR) is 54.3 cm³/mol. The largest absolute Gasteiger partial charge is 0.324 e. The monoisotopic (exact) mass is 183 g/mol. The van der Waals surface area contributed by atoms with Crippen LogP contribution in [0.5, 0.6) is 0 Å². The highest BCUT2D eigenvalue weighted by atomic mass is 16.1. The van der Waals surface area contributed by atoms with Crippen molar-refractivity contribution in [1.82, 2.24) is 0 Å². The van der Waals surface area contributed by atoms with Gasteiger partial charge in [-0.05, 0) is 24.2 Å². The van der Waals surface area contributed by atoms with Gasteiger partial charge in [0.15, 0.2) is 5.78 Å². The summed E-state index contributed by atoms with van der Waals surface area (Å²) < 4.78 is 0. The molecule has 0 bridgehead atoms. The first kappa shape index (κ1) is 10.7. The summed E-state index contributed by atoms with van der Waals surface area (Å²) in [4.78, 5) is 11.8. The van der Waals surface area contributed by atoms with Crippen LogP contribution in [0, 0.1) is 16.7 Å². The average Bonchev–Trinajstić information content (AvgIpc) is 2.29. The Balaban J connectivity index is 2.98. The highest BCUT2D eigenvalue weighted by Gasteiger charge is 2.53. The van der Waals surface area contributed by atoms with Gasteiger partial charge in [-0.15, -0.1) is 0 Å². The fourth-order valence-corrected chi connectivity index (χ4v) is 2.46. The molecule has 1 saturated carbocycles. The summed E-state index contributed by atoms with van der Waals surface area (Å²) in [5, 5.41) is 0. The van der Waals surface area contributed by atoms with Crippen molar-refractivity contribution in [2.75, 3.05) is 6.54 Å². The molecule has 0 amide bonds. The van der Waals surface area contributed by atoms with E-state index in [1.54, 1.807) is 0 Å². The van der Waals surface area contributed by atoms with Crippen LogP contribution < -0.4 is 5.73 Å². The summed E-state index contributed by atoms with van der Waals surface area (Å²) in [7, 11) is 0. The molecular weight excluding hydrogens is 162 g/mol. The number of nitrogens with two attached hydrogens (primary N) is 1. The topological polar surface area (TPSA) is 43.1 Å².